The molecule has 10 heteroatoms. The van der Waals surface area contributed by atoms with Crippen LogP contribution in [0.25, 0.3) is 43.1 Å². The second-order valence-electron chi connectivity index (χ2n) is 12.9. The molecule has 10 nitrogen and oxygen atoms in total. The van der Waals surface area contributed by atoms with Crippen molar-refractivity contribution in [2.75, 3.05) is 52.7 Å². The number of esters is 2. The molecule has 0 bridgehead atoms. The van der Waals surface area contributed by atoms with Crippen molar-refractivity contribution >= 4 is 66.8 Å². The fourth-order valence-corrected chi connectivity index (χ4v) is 6.31. The number of carbonyl (C=O) groups excluding carboxylic acids is 4. The maximum Gasteiger partial charge on any atom is 0.338 e. The van der Waals surface area contributed by atoms with Gasteiger partial charge in [-0.2, -0.15) is 0 Å². The van der Waals surface area contributed by atoms with E-state index in [0.717, 1.165) is 43.1 Å². The van der Waals surface area contributed by atoms with E-state index in [-0.39, 0.29) is 51.5 Å². The molecule has 6 aromatic carbocycles. The molecule has 0 saturated heterocycles. The summed E-state index contributed by atoms with van der Waals surface area (Å²) in [7, 11) is 0. The average molecular weight is 729 g/mol. The van der Waals surface area contributed by atoms with Crippen LogP contribution in [0.4, 0.5) is 0 Å². The van der Waals surface area contributed by atoms with Gasteiger partial charge in [-0.05, 0) is 92.3 Å². The Morgan fingerprint density at radius 3 is 1.24 bits per heavy atom. The van der Waals surface area contributed by atoms with Crippen LogP contribution < -0.4 is 10.6 Å². The van der Waals surface area contributed by atoms with Crippen LogP contribution in [-0.2, 0) is 28.5 Å². The minimum Gasteiger partial charge on any atom is -0.460 e. The summed E-state index contributed by atoms with van der Waals surface area (Å²) < 4.78 is 21.9. The highest BCUT2D eigenvalue weighted by Gasteiger charge is 2.14. The van der Waals surface area contributed by atoms with Gasteiger partial charge >= 0.3 is 11.9 Å². The maximum absolute atomic E-state index is 12.8. The second-order valence-corrected chi connectivity index (χ2v) is 12.9. The van der Waals surface area contributed by atoms with E-state index in [1.54, 1.807) is 12.1 Å². The number of hydrogen-bond donors (Lipinski definition) is 2. The zero-order chi connectivity index (χ0) is 37.5. The molecule has 278 valence electrons. The maximum atomic E-state index is 12.8. The van der Waals surface area contributed by atoms with Crippen molar-refractivity contribution in [1.82, 2.24) is 10.6 Å². The van der Waals surface area contributed by atoms with Gasteiger partial charge in [0.05, 0.1) is 37.6 Å². The summed E-state index contributed by atoms with van der Waals surface area (Å²) in [6.07, 6.45) is 1.77. The molecule has 0 aromatic heterocycles. The molecule has 0 unspecified atom stereocenters. The Morgan fingerprint density at radius 1 is 0.426 bits per heavy atom. The van der Waals surface area contributed by atoms with Gasteiger partial charge < -0.3 is 29.6 Å². The van der Waals surface area contributed by atoms with Crippen molar-refractivity contribution < 1.29 is 38.1 Å². The molecule has 6 aromatic rings. The Balaban J connectivity index is 0.754. The van der Waals surface area contributed by atoms with Crippen molar-refractivity contribution in [2.24, 2.45) is 0 Å². The van der Waals surface area contributed by atoms with Gasteiger partial charge in [-0.15, -0.1) is 0 Å². The number of benzene rings is 6. The molecule has 0 spiro atoms. The highest BCUT2D eigenvalue weighted by atomic mass is 16.6. The molecule has 2 amide bonds. The van der Waals surface area contributed by atoms with Gasteiger partial charge in [0.1, 0.15) is 13.2 Å². The lowest BCUT2D eigenvalue weighted by Crippen LogP contribution is -2.28. The van der Waals surface area contributed by atoms with E-state index in [4.69, 9.17) is 18.9 Å². The molecule has 54 heavy (non-hydrogen) atoms. The minimum absolute atomic E-state index is 0.102. The first-order valence-corrected chi connectivity index (χ1v) is 18.3. The molecular weight excluding hydrogens is 684 g/mol. The van der Waals surface area contributed by atoms with Crippen LogP contribution in [0, 0.1) is 0 Å². The Hall–Kier alpha value is -5.84. The number of ether oxygens (including phenoxy) is 4. The third-order valence-electron chi connectivity index (χ3n) is 9.05. The van der Waals surface area contributed by atoms with Crippen molar-refractivity contribution in [1.29, 1.82) is 0 Å². The molecule has 0 aliphatic rings. The number of unbranched alkanes of at least 4 members (excludes halogenated alkanes) is 1. The van der Waals surface area contributed by atoms with Crippen LogP contribution in [0.3, 0.4) is 0 Å². The van der Waals surface area contributed by atoms with Crippen molar-refractivity contribution in [3.05, 3.63) is 120 Å². The molecule has 0 aliphatic heterocycles. The first-order valence-electron chi connectivity index (χ1n) is 18.3. The van der Waals surface area contributed by atoms with Gasteiger partial charge in [-0.3, -0.25) is 9.59 Å². The summed E-state index contributed by atoms with van der Waals surface area (Å²) >= 11 is 0. The van der Waals surface area contributed by atoms with Crippen molar-refractivity contribution in [3.63, 3.8) is 0 Å². The predicted octanol–water partition coefficient (Wildman–Crippen LogP) is 7.14. The van der Waals surface area contributed by atoms with Crippen LogP contribution in [0.5, 0.6) is 0 Å². The van der Waals surface area contributed by atoms with Gasteiger partial charge in [0.2, 0.25) is 11.8 Å². The number of carbonyl (C=O) groups is 4. The van der Waals surface area contributed by atoms with Crippen LogP contribution in [0.1, 0.15) is 46.4 Å². The van der Waals surface area contributed by atoms with E-state index in [9.17, 15) is 19.2 Å². The Morgan fingerprint density at radius 2 is 0.815 bits per heavy atom. The molecule has 0 atom stereocenters. The topological polar surface area (TPSA) is 129 Å². The molecule has 0 saturated carbocycles. The third-order valence-corrected chi connectivity index (χ3v) is 9.05. The smallest absolute Gasteiger partial charge is 0.338 e. The molecule has 0 heterocycles. The number of nitrogens with one attached hydrogen (secondary N) is 2. The highest BCUT2D eigenvalue weighted by Crippen LogP contribution is 2.27. The number of rotatable bonds is 19. The van der Waals surface area contributed by atoms with E-state index in [1.165, 1.54) is 0 Å². The lowest BCUT2D eigenvalue weighted by molar-refractivity contribution is -0.123. The van der Waals surface area contributed by atoms with Gasteiger partial charge in [-0.25, -0.2) is 9.59 Å². The lowest BCUT2D eigenvalue weighted by atomic mass is 10.00. The predicted molar refractivity (Wildman–Crippen MR) is 210 cm³/mol. The fourth-order valence-electron chi connectivity index (χ4n) is 6.31. The van der Waals surface area contributed by atoms with Gasteiger partial charge in [0, 0.05) is 25.9 Å². The first-order chi connectivity index (χ1) is 26.5. The summed E-state index contributed by atoms with van der Waals surface area (Å²) in [5.41, 5.74) is 1.02. The Bertz CT molecular complexity index is 2090. The Kier molecular flexibility index (Phi) is 13.5. The molecule has 0 fully saturated rings. The summed E-state index contributed by atoms with van der Waals surface area (Å²) in [5.74, 6) is -1.04. The fraction of sp³-hybridized carbons (Fsp3) is 0.273. The van der Waals surface area contributed by atoms with Crippen molar-refractivity contribution in [2.45, 2.75) is 25.7 Å². The summed E-state index contributed by atoms with van der Waals surface area (Å²) in [4.78, 5) is 49.8. The number of fused-ring (bicyclic) bond motifs is 4. The third kappa shape index (κ3) is 10.4. The Labute approximate surface area is 313 Å². The number of hydrogen-bond acceptors (Lipinski definition) is 8. The van der Waals surface area contributed by atoms with Crippen LogP contribution in [0.15, 0.2) is 109 Å². The van der Waals surface area contributed by atoms with E-state index < -0.39 is 11.9 Å². The van der Waals surface area contributed by atoms with Crippen LogP contribution >= 0.6 is 0 Å². The highest BCUT2D eigenvalue weighted by molar-refractivity contribution is 6.10. The summed E-state index contributed by atoms with van der Waals surface area (Å²) in [5, 5.41) is 13.6. The monoisotopic (exact) mass is 728 g/mol. The van der Waals surface area contributed by atoms with E-state index in [1.807, 2.05) is 84.9 Å². The number of amides is 2. The van der Waals surface area contributed by atoms with Crippen LogP contribution in [0.2, 0.25) is 0 Å². The first kappa shape index (κ1) is 37.9. The lowest BCUT2D eigenvalue weighted by Gasteiger charge is -2.10. The summed E-state index contributed by atoms with van der Waals surface area (Å²) in [6.45, 7) is 1.89. The van der Waals surface area contributed by atoms with Crippen molar-refractivity contribution in [3.8, 4) is 0 Å². The van der Waals surface area contributed by atoms with Gasteiger partial charge in [0.15, 0.2) is 0 Å². The SMILES string of the molecule is O=C(CCCCC(=O)NCCOCCOC(=O)c1cccc2cc3ccccc3cc12)NCCOCCOC(=O)c1cccc2cc3ccccc3cc12. The zero-order valence-corrected chi connectivity index (χ0v) is 30.1. The molecular formula is C44H44N2O8. The van der Waals surface area contributed by atoms with Crippen LogP contribution in [-0.4, -0.2) is 76.5 Å². The van der Waals surface area contributed by atoms with Gasteiger partial charge in [-0.1, -0.05) is 72.8 Å². The van der Waals surface area contributed by atoms with E-state index in [2.05, 4.69) is 22.8 Å². The molecule has 0 aliphatic carbocycles. The largest absolute Gasteiger partial charge is 0.460 e. The average Bonchev–Trinajstić information content (AvgIpc) is 3.19. The molecule has 6 rings (SSSR count). The molecule has 2 N–H and O–H groups in total. The van der Waals surface area contributed by atoms with E-state index >= 15 is 0 Å². The normalized spacial score (nSPS) is 11.2. The quantitative estimate of drug-likeness (QED) is 0.0512. The standard InChI is InChI=1S/C44H44N2O8/c47-41(45-19-21-51-23-25-53-43(49)37-15-7-13-35-27-31-9-1-3-11-33(31)29-39(35)37)17-5-6-18-42(48)46-20-22-52-24-26-54-44(50)38-16-8-14-36-28-32-10-2-4-12-34(32)30-40(36)38/h1-4,7-16,27-30H,5-6,17-26H2,(H,45,47)(H,46,48). The second kappa shape index (κ2) is 19.3. The van der Waals surface area contributed by atoms with Gasteiger partial charge in [0.25, 0.3) is 0 Å². The zero-order valence-electron chi connectivity index (χ0n) is 30.1. The summed E-state index contributed by atoms with van der Waals surface area (Å²) in [6, 6.07) is 35.4. The van der Waals surface area contributed by atoms with E-state index in [0.29, 0.717) is 49.9 Å². The minimum atomic E-state index is -0.406. The molecule has 0 radical (unpaired) electrons.